The third-order valence-electron chi connectivity index (χ3n) is 2.81. The Hall–Kier alpha value is 1.37. The maximum atomic E-state index is 6.74. The molecule has 0 amide bonds. The van der Waals surface area contributed by atoms with Crippen LogP contribution in [-0.2, 0) is 0 Å². The molecule has 0 fully saturated rings. The van der Waals surface area contributed by atoms with Gasteiger partial charge in [0.1, 0.15) is 27.2 Å². The van der Waals surface area contributed by atoms with E-state index in [2.05, 4.69) is 38.1 Å². The molecule has 1 aliphatic heterocycles. The molecule has 0 atom stereocenters. The van der Waals surface area contributed by atoms with E-state index < -0.39 is 16.0 Å². The van der Waals surface area contributed by atoms with E-state index >= 15 is 0 Å². The highest BCUT2D eigenvalue weighted by Gasteiger charge is 2.63. The highest BCUT2D eigenvalue weighted by atomic mass is 35.9. The topological polar surface area (TPSA) is 0 Å². The fourth-order valence-electron chi connectivity index (χ4n) is 2.11. The zero-order valence-corrected chi connectivity index (χ0v) is 16.5. The first-order chi connectivity index (χ1) is 8.75. The number of allylic oxidation sites excluding steroid dienone is 2. The molecule has 0 aliphatic carbocycles. The van der Waals surface area contributed by atoms with Gasteiger partial charge in [0, 0.05) is 12.8 Å². The maximum absolute atomic E-state index is 6.74. The molecule has 1 aliphatic rings. The highest BCUT2D eigenvalue weighted by molar-refractivity contribution is 8.15. The highest BCUT2D eigenvalue weighted by Crippen LogP contribution is 2.90. The summed E-state index contributed by atoms with van der Waals surface area (Å²) in [5.74, 6) is 0. The van der Waals surface area contributed by atoms with Crippen LogP contribution in [0, 0.1) is 0 Å². The minimum Gasteiger partial charge on any atom is -0.391 e. The van der Waals surface area contributed by atoms with Crippen molar-refractivity contribution in [2.45, 2.75) is 26.7 Å². The largest absolute Gasteiger partial charge is 0.564 e. The van der Waals surface area contributed by atoms with E-state index in [1.807, 2.05) is 6.07 Å². The molecule has 106 valence electrons. The van der Waals surface area contributed by atoms with Gasteiger partial charge in [0.2, 0.25) is 6.62 Å². The summed E-state index contributed by atoms with van der Waals surface area (Å²) in [5.41, 5.74) is 0. The van der Waals surface area contributed by atoms with Gasteiger partial charge in [0.25, 0.3) is 0 Å². The van der Waals surface area contributed by atoms with Gasteiger partial charge < -0.3 is 40.2 Å². The first kappa shape index (κ1) is 18.4. The van der Waals surface area contributed by atoms with Gasteiger partial charge in [0.15, 0.2) is 0 Å². The van der Waals surface area contributed by atoms with Crippen LogP contribution in [-0.4, -0.2) is 9.39 Å². The Balaban J connectivity index is 0.000000312. The van der Waals surface area contributed by atoms with Crippen LogP contribution >= 0.6 is 58.1 Å². The van der Waals surface area contributed by atoms with Crippen LogP contribution in [0.5, 0.6) is 0 Å². The van der Waals surface area contributed by atoms with Gasteiger partial charge in [-0.05, 0) is 12.1 Å². The summed E-state index contributed by atoms with van der Waals surface area (Å²) in [6, 6.07) is 10.5. The lowest BCUT2D eigenvalue weighted by atomic mass is 10.4. The number of hydrogen-bond donors (Lipinski definition) is 0. The summed E-state index contributed by atoms with van der Waals surface area (Å²) in [5, 5.41) is 4.41. The van der Waals surface area contributed by atoms with Crippen molar-refractivity contribution in [2.75, 3.05) is 0 Å². The second kappa shape index (κ2) is 7.58. The molecule has 1 aromatic carbocycles. The van der Waals surface area contributed by atoms with E-state index in [-0.39, 0.29) is 0 Å². The molecule has 0 unspecified atom stereocenters. The molecule has 0 radical (unpaired) electrons. The monoisotopic (exact) mass is 392 g/mol. The zero-order chi connectivity index (χ0) is 14.7. The van der Waals surface area contributed by atoms with Crippen molar-refractivity contribution in [1.29, 1.82) is 0 Å². The average molecular weight is 394 g/mol. The summed E-state index contributed by atoms with van der Waals surface area (Å²) in [6.45, 7) is 2.98. The molecule has 0 spiro atoms. The first-order valence-electron chi connectivity index (χ1n) is 5.99. The first-order valence-corrected chi connectivity index (χ1v) is 15.7. The van der Waals surface area contributed by atoms with Gasteiger partial charge in [-0.1, -0.05) is 32.0 Å². The molecule has 0 nitrogen and oxygen atoms in total. The van der Waals surface area contributed by atoms with Gasteiger partial charge in [-0.15, -0.1) is 0 Å². The third kappa shape index (κ3) is 5.25. The van der Waals surface area contributed by atoms with E-state index in [0.717, 1.165) is 12.8 Å². The van der Waals surface area contributed by atoms with Crippen molar-refractivity contribution < 1.29 is 0 Å². The van der Waals surface area contributed by atoms with Gasteiger partial charge in [-0.25, -0.2) is 0 Å². The standard InChI is InChI=1S/C12H15ClP.Al.4ClH/c1-3-11-12(4-2)14(11,13)10-8-6-5-7-9-10;;;;;/h5-9H,3-4H2,1-2H3;;4*1H/q+1;+3;;;;/p-4. The fourth-order valence-corrected chi connectivity index (χ4v) is 7.15. The summed E-state index contributed by atoms with van der Waals surface area (Å²) in [4.78, 5) is 0. The fraction of sp³-hybridized carbons (Fsp3) is 0.333. The molecular weight excluding hydrogens is 379 g/mol. The molecule has 0 saturated heterocycles. The van der Waals surface area contributed by atoms with Crippen LogP contribution in [0.2, 0.25) is 0 Å². The van der Waals surface area contributed by atoms with Crippen molar-refractivity contribution in [2.24, 2.45) is 0 Å². The summed E-state index contributed by atoms with van der Waals surface area (Å²) in [6.07, 6.45) is 2.24. The minimum atomic E-state index is -2.94. The Bertz CT molecular complexity index is 435. The van der Waals surface area contributed by atoms with Crippen LogP contribution in [0.1, 0.15) is 26.7 Å². The van der Waals surface area contributed by atoms with Gasteiger partial charge >= 0.3 is 9.39 Å². The lowest BCUT2D eigenvalue weighted by Crippen LogP contribution is -1.97. The number of rotatable bonds is 3. The van der Waals surface area contributed by atoms with E-state index in [0.29, 0.717) is 0 Å². The normalized spacial score (nSPS) is 16.8. The molecule has 1 heterocycles. The molecule has 0 N–H and O–H groups in total. The van der Waals surface area contributed by atoms with Crippen molar-refractivity contribution >= 4 is 72.7 Å². The second-order valence-electron chi connectivity index (χ2n) is 4.02. The predicted molar refractivity (Wildman–Crippen MR) is 95.6 cm³/mol. The Morgan fingerprint density at radius 2 is 1.26 bits per heavy atom. The zero-order valence-electron chi connectivity index (χ0n) is 10.7. The predicted octanol–water partition coefficient (Wildman–Crippen LogP) is 6.91. The van der Waals surface area contributed by atoms with Crippen LogP contribution in [0.25, 0.3) is 0 Å². The van der Waals surface area contributed by atoms with Gasteiger partial charge in [0.05, 0.1) is 0 Å². The smallest absolute Gasteiger partial charge is 0.391 e. The number of halogens is 5. The van der Waals surface area contributed by atoms with Crippen molar-refractivity contribution in [1.82, 2.24) is 0 Å². The SMILES string of the molecule is CCC1=C(CC)[P+]1(Cl)c1ccccc1.[Cl][Al-]([Cl])([Cl])[Cl]. The molecule has 0 aromatic heterocycles. The maximum Gasteiger partial charge on any atom is 0.564 e. The molecule has 0 saturated carbocycles. The molecule has 2 rings (SSSR count). The van der Waals surface area contributed by atoms with Crippen molar-refractivity contribution in [3.63, 3.8) is 0 Å². The Kier molecular flexibility index (Phi) is 7.35. The van der Waals surface area contributed by atoms with Crippen LogP contribution in [0.4, 0.5) is 0 Å². The van der Waals surface area contributed by atoms with E-state index in [4.69, 9.17) is 51.4 Å². The number of hydrogen-bond acceptors (Lipinski definition) is 0. The average Bonchev–Trinajstić information content (AvgIpc) is 2.94. The molecule has 7 heteroatoms. The molecule has 1 aromatic rings. The minimum absolute atomic E-state index is 1.12. The van der Waals surface area contributed by atoms with Gasteiger partial charge in [-0.3, -0.25) is 0 Å². The van der Waals surface area contributed by atoms with E-state index in [1.165, 1.54) is 15.9 Å². The lowest BCUT2D eigenvalue weighted by molar-refractivity contribution is 1.16. The van der Waals surface area contributed by atoms with Crippen molar-refractivity contribution in [3.8, 4) is 0 Å². The Labute approximate surface area is 139 Å². The summed E-state index contributed by atoms with van der Waals surface area (Å²) < 4.78 is 0. The molecule has 19 heavy (non-hydrogen) atoms. The quantitative estimate of drug-likeness (QED) is 0.386. The number of benzene rings is 1. The van der Waals surface area contributed by atoms with Crippen LogP contribution in [0.15, 0.2) is 41.0 Å². The third-order valence-corrected chi connectivity index (χ3v) is 8.06. The van der Waals surface area contributed by atoms with Crippen molar-refractivity contribution in [3.05, 3.63) is 41.0 Å². The van der Waals surface area contributed by atoms with Gasteiger partial charge in [-0.2, -0.15) is 0 Å². The Morgan fingerprint density at radius 1 is 0.895 bits per heavy atom. The van der Waals surface area contributed by atoms with E-state index in [9.17, 15) is 0 Å². The Morgan fingerprint density at radius 3 is 1.58 bits per heavy atom. The van der Waals surface area contributed by atoms with Crippen LogP contribution < -0.4 is 5.30 Å². The molecule has 0 bridgehead atoms. The summed E-state index contributed by atoms with van der Waals surface area (Å²) in [7, 11) is 17.0. The second-order valence-corrected chi connectivity index (χ2v) is 21.2. The van der Waals surface area contributed by atoms with Crippen LogP contribution in [0.3, 0.4) is 0 Å². The van der Waals surface area contributed by atoms with E-state index in [1.54, 1.807) is 0 Å². The summed E-state index contributed by atoms with van der Waals surface area (Å²) >= 11 is 6.74. The lowest BCUT2D eigenvalue weighted by Gasteiger charge is -2.00. The molecular formula is C12H15AlCl5P.